The van der Waals surface area contributed by atoms with E-state index in [-0.39, 0.29) is 11.7 Å². The van der Waals surface area contributed by atoms with E-state index in [1.807, 2.05) is 0 Å². The standard InChI is InChI=1S/C19H19F2N5O3S/c1-11(17(27)23-13-5-9-14(28-2)10-6-13)30-19-25-24-16(26(19)22)12-3-7-15(8-4-12)29-18(20)21/h3-11,18H,22H2,1-2H3,(H,23,27). The van der Waals surface area contributed by atoms with Crippen molar-refractivity contribution < 1.29 is 23.0 Å². The highest BCUT2D eigenvalue weighted by Gasteiger charge is 2.20. The van der Waals surface area contributed by atoms with E-state index in [0.29, 0.717) is 28.0 Å². The van der Waals surface area contributed by atoms with Crippen LogP contribution in [0.3, 0.4) is 0 Å². The second kappa shape index (κ2) is 9.44. The summed E-state index contributed by atoms with van der Waals surface area (Å²) in [7, 11) is 1.56. The van der Waals surface area contributed by atoms with Crippen LogP contribution in [-0.2, 0) is 4.79 Å². The lowest BCUT2D eigenvalue weighted by Crippen LogP contribution is -2.23. The number of ether oxygens (including phenoxy) is 2. The highest BCUT2D eigenvalue weighted by molar-refractivity contribution is 8.00. The van der Waals surface area contributed by atoms with Crippen LogP contribution in [0.1, 0.15) is 6.92 Å². The molecule has 1 heterocycles. The van der Waals surface area contributed by atoms with Gasteiger partial charge in [0, 0.05) is 11.3 Å². The van der Waals surface area contributed by atoms with E-state index < -0.39 is 11.9 Å². The van der Waals surface area contributed by atoms with E-state index in [4.69, 9.17) is 10.6 Å². The smallest absolute Gasteiger partial charge is 0.387 e. The Morgan fingerprint density at radius 2 is 1.73 bits per heavy atom. The number of hydrogen-bond acceptors (Lipinski definition) is 7. The Labute approximate surface area is 175 Å². The van der Waals surface area contributed by atoms with Crippen LogP contribution >= 0.6 is 11.8 Å². The summed E-state index contributed by atoms with van der Waals surface area (Å²) in [6.07, 6.45) is 0. The second-order valence-electron chi connectivity index (χ2n) is 6.06. The fraction of sp³-hybridized carbons (Fsp3) is 0.211. The van der Waals surface area contributed by atoms with Gasteiger partial charge in [-0.25, -0.2) is 4.68 Å². The van der Waals surface area contributed by atoms with Gasteiger partial charge in [-0.1, -0.05) is 11.8 Å². The molecule has 8 nitrogen and oxygen atoms in total. The summed E-state index contributed by atoms with van der Waals surface area (Å²) in [5.41, 5.74) is 1.20. The monoisotopic (exact) mass is 435 g/mol. The van der Waals surface area contributed by atoms with E-state index in [1.165, 1.54) is 16.8 Å². The molecule has 158 valence electrons. The lowest BCUT2D eigenvalue weighted by atomic mass is 10.2. The normalized spacial score (nSPS) is 11.9. The van der Waals surface area contributed by atoms with Crippen LogP contribution in [0, 0.1) is 0 Å². The van der Waals surface area contributed by atoms with Gasteiger partial charge in [0.05, 0.1) is 12.4 Å². The van der Waals surface area contributed by atoms with Crippen LogP contribution in [0.25, 0.3) is 11.4 Å². The van der Waals surface area contributed by atoms with Gasteiger partial charge in [0.1, 0.15) is 11.5 Å². The summed E-state index contributed by atoms with van der Waals surface area (Å²) in [6.45, 7) is -1.18. The molecule has 0 bridgehead atoms. The molecule has 0 fully saturated rings. The first-order valence-corrected chi connectivity index (χ1v) is 9.62. The van der Waals surface area contributed by atoms with Crippen molar-refractivity contribution in [2.24, 2.45) is 0 Å². The highest BCUT2D eigenvalue weighted by Crippen LogP contribution is 2.27. The molecule has 0 aliphatic carbocycles. The largest absolute Gasteiger partial charge is 0.497 e. The minimum atomic E-state index is -2.90. The molecule has 0 saturated carbocycles. The number of amides is 1. The number of nitrogens with zero attached hydrogens (tertiary/aromatic N) is 3. The number of alkyl halides is 2. The Hall–Kier alpha value is -3.34. The van der Waals surface area contributed by atoms with Gasteiger partial charge in [-0.2, -0.15) is 8.78 Å². The summed E-state index contributed by atoms with van der Waals surface area (Å²) in [6, 6.07) is 12.8. The van der Waals surface area contributed by atoms with Crippen LogP contribution in [0.4, 0.5) is 14.5 Å². The molecule has 0 aliphatic rings. The zero-order valence-electron chi connectivity index (χ0n) is 16.1. The Balaban J connectivity index is 1.65. The third kappa shape index (κ3) is 5.17. The maximum Gasteiger partial charge on any atom is 0.387 e. The van der Waals surface area contributed by atoms with Crippen molar-refractivity contribution in [1.82, 2.24) is 14.9 Å². The second-order valence-corrected chi connectivity index (χ2v) is 7.36. The molecule has 3 rings (SSSR count). The third-order valence-corrected chi connectivity index (χ3v) is 5.07. The average Bonchev–Trinajstić information content (AvgIpc) is 3.09. The molecule has 0 spiro atoms. The molecule has 1 unspecified atom stereocenters. The van der Waals surface area contributed by atoms with E-state index in [9.17, 15) is 13.6 Å². The van der Waals surface area contributed by atoms with Crippen LogP contribution in [-0.4, -0.2) is 39.8 Å². The van der Waals surface area contributed by atoms with Crippen molar-refractivity contribution in [3.8, 4) is 22.9 Å². The van der Waals surface area contributed by atoms with Crippen molar-refractivity contribution in [2.75, 3.05) is 18.3 Å². The number of aromatic nitrogens is 3. The van der Waals surface area contributed by atoms with Gasteiger partial charge >= 0.3 is 6.61 Å². The number of nitrogens with one attached hydrogen (secondary N) is 1. The number of rotatable bonds is 8. The molecule has 0 radical (unpaired) electrons. The van der Waals surface area contributed by atoms with Crippen molar-refractivity contribution >= 4 is 23.4 Å². The number of halogens is 2. The van der Waals surface area contributed by atoms with E-state index in [0.717, 1.165) is 11.8 Å². The van der Waals surface area contributed by atoms with E-state index >= 15 is 0 Å². The molecule has 30 heavy (non-hydrogen) atoms. The van der Waals surface area contributed by atoms with Gasteiger partial charge in [0.15, 0.2) is 5.82 Å². The molecular formula is C19H19F2N5O3S. The summed E-state index contributed by atoms with van der Waals surface area (Å²) in [5.74, 6) is 6.86. The Morgan fingerprint density at radius 3 is 2.33 bits per heavy atom. The van der Waals surface area contributed by atoms with Crippen LogP contribution in [0.2, 0.25) is 0 Å². The fourth-order valence-corrected chi connectivity index (χ4v) is 3.24. The lowest BCUT2D eigenvalue weighted by Gasteiger charge is -2.12. The minimum Gasteiger partial charge on any atom is -0.497 e. The zero-order chi connectivity index (χ0) is 21.7. The summed E-state index contributed by atoms with van der Waals surface area (Å²) in [5, 5.41) is 10.7. The summed E-state index contributed by atoms with van der Waals surface area (Å²) >= 11 is 1.14. The predicted octanol–water partition coefficient (Wildman–Crippen LogP) is 3.39. The number of nitrogens with two attached hydrogens (primary N) is 1. The number of anilines is 1. The van der Waals surface area contributed by atoms with E-state index in [2.05, 4.69) is 20.3 Å². The van der Waals surface area contributed by atoms with Crippen LogP contribution in [0.15, 0.2) is 53.7 Å². The highest BCUT2D eigenvalue weighted by atomic mass is 32.2. The first kappa shape index (κ1) is 21.4. The zero-order valence-corrected chi connectivity index (χ0v) is 16.9. The van der Waals surface area contributed by atoms with Gasteiger partial charge in [-0.3, -0.25) is 4.79 Å². The Kier molecular flexibility index (Phi) is 6.72. The van der Waals surface area contributed by atoms with E-state index in [1.54, 1.807) is 50.4 Å². The van der Waals surface area contributed by atoms with Gasteiger partial charge in [-0.15, -0.1) is 10.2 Å². The van der Waals surface area contributed by atoms with Gasteiger partial charge in [0.25, 0.3) is 0 Å². The first-order chi connectivity index (χ1) is 14.4. The molecule has 1 atom stereocenters. The topological polar surface area (TPSA) is 104 Å². The number of carbonyl (C=O) groups excluding carboxylic acids is 1. The number of methoxy groups -OCH3 is 1. The number of hydrogen-bond donors (Lipinski definition) is 2. The van der Waals surface area contributed by atoms with Crippen LogP contribution in [0.5, 0.6) is 11.5 Å². The summed E-state index contributed by atoms with van der Waals surface area (Å²) < 4.78 is 35.2. The van der Waals surface area contributed by atoms with Crippen molar-refractivity contribution in [1.29, 1.82) is 0 Å². The van der Waals surface area contributed by atoms with Gasteiger partial charge in [-0.05, 0) is 55.5 Å². The molecule has 11 heteroatoms. The number of nitrogen functional groups attached to an aromatic ring is 1. The number of carbonyl (C=O) groups is 1. The molecule has 2 aromatic carbocycles. The lowest BCUT2D eigenvalue weighted by molar-refractivity contribution is -0.115. The quantitative estimate of drug-likeness (QED) is 0.413. The maximum absolute atomic E-state index is 12.4. The predicted molar refractivity (Wildman–Crippen MR) is 109 cm³/mol. The molecule has 3 N–H and O–H groups in total. The van der Waals surface area contributed by atoms with Crippen molar-refractivity contribution in [2.45, 2.75) is 23.9 Å². The molecule has 3 aromatic rings. The summed E-state index contributed by atoms with van der Waals surface area (Å²) in [4.78, 5) is 12.4. The van der Waals surface area contributed by atoms with Crippen molar-refractivity contribution in [3.05, 3.63) is 48.5 Å². The number of benzene rings is 2. The Morgan fingerprint density at radius 1 is 1.10 bits per heavy atom. The third-order valence-electron chi connectivity index (χ3n) is 4.01. The average molecular weight is 435 g/mol. The molecule has 0 saturated heterocycles. The molecule has 1 aromatic heterocycles. The number of thioether (sulfide) groups is 1. The maximum atomic E-state index is 12.4. The SMILES string of the molecule is COc1ccc(NC(=O)C(C)Sc2nnc(-c3ccc(OC(F)F)cc3)n2N)cc1. The van der Waals surface area contributed by atoms with Gasteiger partial charge in [0.2, 0.25) is 11.1 Å². The van der Waals surface area contributed by atoms with Gasteiger partial charge < -0.3 is 20.6 Å². The minimum absolute atomic E-state index is 0.0234. The first-order valence-electron chi connectivity index (χ1n) is 8.74. The molecule has 1 amide bonds. The fourth-order valence-electron chi connectivity index (χ4n) is 2.47. The molecule has 0 aliphatic heterocycles. The van der Waals surface area contributed by atoms with Crippen molar-refractivity contribution in [3.63, 3.8) is 0 Å². The van der Waals surface area contributed by atoms with Crippen LogP contribution < -0.4 is 20.6 Å². The molecular weight excluding hydrogens is 416 g/mol. The Bertz CT molecular complexity index is 996.